The van der Waals surface area contributed by atoms with Crippen LogP contribution in [0.3, 0.4) is 0 Å². The van der Waals surface area contributed by atoms with Gasteiger partial charge in [0.05, 0.1) is 4.92 Å². The Hall–Kier alpha value is -1.47. The van der Waals surface area contributed by atoms with E-state index < -0.39 is 4.92 Å². The van der Waals surface area contributed by atoms with Gasteiger partial charge in [-0.15, -0.1) is 0 Å². The Labute approximate surface area is 121 Å². The van der Waals surface area contributed by atoms with E-state index in [9.17, 15) is 10.1 Å². The molecule has 2 rings (SSSR count). The van der Waals surface area contributed by atoms with Crippen molar-refractivity contribution in [3.8, 4) is 0 Å². The molecule has 0 amide bonds. The number of aliphatic hydroxyl groups is 1. The van der Waals surface area contributed by atoms with Crippen LogP contribution in [0, 0.1) is 23.0 Å². The minimum absolute atomic E-state index is 0.0207. The van der Waals surface area contributed by atoms with Gasteiger partial charge in [0.2, 0.25) is 11.1 Å². The Morgan fingerprint density at radius 3 is 2.95 bits per heavy atom. The van der Waals surface area contributed by atoms with E-state index >= 15 is 0 Å². The van der Waals surface area contributed by atoms with Crippen molar-refractivity contribution in [3.05, 3.63) is 21.1 Å². The van der Waals surface area contributed by atoms with Crippen LogP contribution >= 0.6 is 11.6 Å². The van der Waals surface area contributed by atoms with E-state index in [-0.39, 0.29) is 29.1 Å². The molecule has 8 heteroatoms. The third-order valence-corrected chi connectivity index (χ3v) is 3.72. The number of halogens is 1. The van der Waals surface area contributed by atoms with Crippen LogP contribution in [-0.2, 0) is 0 Å². The lowest BCUT2D eigenvalue weighted by atomic mass is 9.95. The maximum Gasteiger partial charge on any atom is 0.332 e. The lowest BCUT2D eigenvalue weighted by molar-refractivity contribution is -0.385. The molecule has 0 aliphatic carbocycles. The topological polar surface area (TPSA) is 92.4 Å². The molecule has 1 unspecified atom stereocenters. The monoisotopic (exact) mass is 300 g/mol. The lowest BCUT2D eigenvalue weighted by Crippen LogP contribution is -2.37. The van der Waals surface area contributed by atoms with E-state index in [1.165, 1.54) is 0 Å². The zero-order valence-electron chi connectivity index (χ0n) is 11.3. The summed E-state index contributed by atoms with van der Waals surface area (Å²) >= 11 is 5.83. The molecule has 1 N–H and O–H groups in total. The number of hydrogen-bond acceptors (Lipinski definition) is 6. The third-order valence-electron chi connectivity index (χ3n) is 3.55. The second-order valence-electron chi connectivity index (χ2n) is 4.97. The highest BCUT2D eigenvalue weighted by atomic mass is 35.5. The summed E-state index contributed by atoms with van der Waals surface area (Å²) in [4.78, 5) is 20.5. The first-order valence-electron chi connectivity index (χ1n) is 6.57. The summed E-state index contributed by atoms with van der Waals surface area (Å²) in [5, 5.41) is 20.3. The quantitative estimate of drug-likeness (QED) is 0.519. The summed E-state index contributed by atoms with van der Waals surface area (Å²) in [6, 6.07) is 0. The van der Waals surface area contributed by atoms with Gasteiger partial charge in [-0.1, -0.05) is 0 Å². The van der Waals surface area contributed by atoms with Gasteiger partial charge in [-0.2, -0.15) is 4.98 Å². The summed E-state index contributed by atoms with van der Waals surface area (Å²) in [7, 11) is 0. The molecule has 1 aliphatic heterocycles. The Balaban J connectivity index is 2.33. The maximum absolute atomic E-state index is 11.2. The molecule has 1 aliphatic rings. The standard InChI is InChI=1S/C12H17ClN4O3/c1-8-10(17(19)20)11(15-12(13)14-8)16-5-2-3-9(7-16)4-6-18/h9,18H,2-7H2,1H3. The first-order chi connectivity index (χ1) is 9.52. The normalized spacial score (nSPS) is 19.1. The van der Waals surface area contributed by atoms with E-state index in [4.69, 9.17) is 16.7 Å². The minimum atomic E-state index is -0.462. The molecule has 0 aromatic carbocycles. The number of aliphatic hydroxyl groups excluding tert-OH is 1. The zero-order chi connectivity index (χ0) is 14.7. The molecular weight excluding hydrogens is 284 g/mol. The fourth-order valence-electron chi connectivity index (χ4n) is 2.63. The molecule has 0 spiro atoms. The minimum Gasteiger partial charge on any atom is -0.396 e. The second kappa shape index (κ2) is 6.32. The Kier molecular flexibility index (Phi) is 4.72. The highest BCUT2D eigenvalue weighted by Crippen LogP contribution is 2.33. The molecule has 20 heavy (non-hydrogen) atoms. The molecule has 7 nitrogen and oxygen atoms in total. The van der Waals surface area contributed by atoms with Crippen molar-refractivity contribution >= 4 is 23.1 Å². The number of piperidine rings is 1. The molecular formula is C12H17ClN4O3. The zero-order valence-corrected chi connectivity index (χ0v) is 12.0. The van der Waals surface area contributed by atoms with Gasteiger partial charge in [0, 0.05) is 19.7 Å². The highest BCUT2D eigenvalue weighted by molar-refractivity contribution is 6.28. The molecule has 0 saturated carbocycles. The molecule has 2 heterocycles. The van der Waals surface area contributed by atoms with Gasteiger partial charge in [-0.25, -0.2) is 4.98 Å². The van der Waals surface area contributed by atoms with Gasteiger partial charge in [0.25, 0.3) is 0 Å². The second-order valence-corrected chi connectivity index (χ2v) is 5.31. The SMILES string of the molecule is Cc1nc(Cl)nc(N2CCCC(CCO)C2)c1[N+](=O)[O-]. The van der Waals surface area contributed by atoms with Gasteiger partial charge in [0.15, 0.2) is 0 Å². The number of anilines is 1. The van der Waals surface area contributed by atoms with Crippen LogP contribution in [0.5, 0.6) is 0 Å². The van der Waals surface area contributed by atoms with Crippen LogP contribution in [0.25, 0.3) is 0 Å². The molecule has 1 saturated heterocycles. The van der Waals surface area contributed by atoms with Crippen molar-refractivity contribution in [1.82, 2.24) is 9.97 Å². The van der Waals surface area contributed by atoms with E-state index in [0.29, 0.717) is 25.4 Å². The van der Waals surface area contributed by atoms with E-state index in [0.717, 1.165) is 12.8 Å². The third kappa shape index (κ3) is 3.16. The number of hydrogen-bond donors (Lipinski definition) is 1. The Morgan fingerprint density at radius 2 is 2.30 bits per heavy atom. The molecule has 1 atom stereocenters. The Morgan fingerprint density at radius 1 is 1.55 bits per heavy atom. The Bertz CT molecular complexity index is 510. The lowest BCUT2D eigenvalue weighted by Gasteiger charge is -2.33. The first-order valence-corrected chi connectivity index (χ1v) is 6.95. The van der Waals surface area contributed by atoms with Crippen LogP contribution in [0.1, 0.15) is 25.0 Å². The number of rotatable bonds is 4. The molecule has 0 radical (unpaired) electrons. The molecule has 1 aromatic heterocycles. The van der Waals surface area contributed by atoms with Crippen molar-refractivity contribution in [1.29, 1.82) is 0 Å². The predicted molar refractivity (Wildman–Crippen MR) is 75.1 cm³/mol. The van der Waals surface area contributed by atoms with E-state index in [2.05, 4.69) is 9.97 Å². The predicted octanol–water partition coefficient (Wildman–Crippen LogP) is 1.95. The van der Waals surface area contributed by atoms with Crippen molar-refractivity contribution in [2.45, 2.75) is 26.2 Å². The van der Waals surface area contributed by atoms with Gasteiger partial charge in [0.1, 0.15) is 5.69 Å². The fourth-order valence-corrected chi connectivity index (χ4v) is 2.84. The molecule has 110 valence electrons. The van der Waals surface area contributed by atoms with Crippen LogP contribution < -0.4 is 4.90 Å². The number of nitro groups is 1. The average Bonchev–Trinajstić information content (AvgIpc) is 2.38. The molecule has 1 aromatic rings. The van der Waals surface area contributed by atoms with Crippen molar-refractivity contribution in [2.24, 2.45) is 5.92 Å². The summed E-state index contributed by atoms with van der Waals surface area (Å²) < 4.78 is 0. The summed E-state index contributed by atoms with van der Waals surface area (Å²) in [6.07, 6.45) is 2.63. The van der Waals surface area contributed by atoms with Crippen LogP contribution in [0.15, 0.2) is 0 Å². The smallest absolute Gasteiger partial charge is 0.332 e. The maximum atomic E-state index is 11.2. The molecule has 0 bridgehead atoms. The number of nitrogens with zero attached hydrogens (tertiary/aromatic N) is 4. The van der Waals surface area contributed by atoms with E-state index in [1.54, 1.807) is 6.92 Å². The molecule has 1 fully saturated rings. The van der Waals surface area contributed by atoms with Gasteiger partial charge >= 0.3 is 5.69 Å². The van der Waals surface area contributed by atoms with E-state index in [1.807, 2.05) is 4.90 Å². The number of aromatic nitrogens is 2. The first kappa shape index (κ1) is 14.9. The summed E-state index contributed by atoms with van der Waals surface area (Å²) in [5.41, 5.74) is 0.188. The summed E-state index contributed by atoms with van der Waals surface area (Å²) in [5.74, 6) is 0.609. The number of aryl methyl sites for hydroxylation is 1. The fraction of sp³-hybridized carbons (Fsp3) is 0.667. The summed E-state index contributed by atoms with van der Waals surface area (Å²) in [6.45, 7) is 3.04. The average molecular weight is 301 g/mol. The van der Waals surface area contributed by atoms with Crippen LogP contribution in [0.2, 0.25) is 5.28 Å². The largest absolute Gasteiger partial charge is 0.396 e. The van der Waals surface area contributed by atoms with Gasteiger partial charge in [-0.05, 0) is 43.7 Å². The van der Waals surface area contributed by atoms with Gasteiger partial charge in [-0.3, -0.25) is 10.1 Å². The van der Waals surface area contributed by atoms with Crippen molar-refractivity contribution in [2.75, 3.05) is 24.6 Å². The van der Waals surface area contributed by atoms with Crippen LogP contribution in [-0.4, -0.2) is 39.7 Å². The van der Waals surface area contributed by atoms with Crippen LogP contribution in [0.4, 0.5) is 11.5 Å². The van der Waals surface area contributed by atoms with Gasteiger partial charge < -0.3 is 10.0 Å². The van der Waals surface area contributed by atoms with Crippen molar-refractivity contribution < 1.29 is 10.0 Å². The van der Waals surface area contributed by atoms with Crippen molar-refractivity contribution in [3.63, 3.8) is 0 Å². The highest BCUT2D eigenvalue weighted by Gasteiger charge is 2.29.